The molecule has 1 N–H and O–H groups in total. The van der Waals surface area contributed by atoms with Crippen LogP contribution < -0.4 is 5.32 Å². The molecular weight excluding hydrogens is 401 g/mol. The highest BCUT2D eigenvalue weighted by Crippen LogP contribution is 2.38. The van der Waals surface area contributed by atoms with Gasteiger partial charge in [-0.3, -0.25) is 0 Å². The van der Waals surface area contributed by atoms with Crippen molar-refractivity contribution in [2.24, 2.45) is 0 Å². The van der Waals surface area contributed by atoms with E-state index in [-0.39, 0.29) is 11.9 Å². The summed E-state index contributed by atoms with van der Waals surface area (Å²) in [6.07, 6.45) is 0.523. The van der Waals surface area contributed by atoms with Crippen molar-refractivity contribution in [3.63, 3.8) is 0 Å². The Balaban J connectivity index is 1.61. The van der Waals surface area contributed by atoms with E-state index in [2.05, 4.69) is 17.4 Å². The monoisotopic (exact) mass is 425 g/mol. The maximum atomic E-state index is 13.6. The number of rotatable bonds is 7. The second kappa shape index (κ2) is 9.71. The average molecular weight is 426 g/mol. The minimum Gasteiger partial charge on any atom is -0.369 e. The largest absolute Gasteiger partial charge is 0.369 e. The number of ether oxygens (including phenoxy) is 2. The van der Waals surface area contributed by atoms with Gasteiger partial charge in [-0.1, -0.05) is 66.2 Å². The molecule has 3 aromatic rings. The SMILES string of the molecule is Fc1cccc(COC2CNCCC2(OCc2ccccc2)c2ccc(Cl)cc2)c1. The highest BCUT2D eigenvalue weighted by molar-refractivity contribution is 6.30. The minimum absolute atomic E-state index is 0.237. The molecule has 0 spiro atoms. The quantitative estimate of drug-likeness (QED) is 0.544. The van der Waals surface area contributed by atoms with Gasteiger partial charge in [-0.25, -0.2) is 4.39 Å². The molecule has 0 saturated carbocycles. The number of piperidine rings is 1. The fraction of sp³-hybridized carbons (Fsp3) is 0.280. The lowest BCUT2D eigenvalue weighted by molar-refractivity contribution is -0.176. The maximum absolute atomic E-state index is 13.6. The number of nitrogens with one attached hydrogen (secondary N) is 1. The van der Waals surface area contributed by atoms with Crippen LogP contribution in [0.2, 0.25) is 5.02 Å². The molecule has 1 heterocycles. The van der Waals surface area contributed by atoms with Crippen molar-refractivity contribution < 1.29 is 13.9 Å². The van der Waals surface area contributed by atoms with Gasteiger partial charge in [0.05, 0.1) is 13.2 Å². The molecular formula is C25H25ClFNO2. The van der Waals surface area contributed by atoms with E-state index in [0.29, 0.717) is 24.8 Å². The van der Waals surface area contributed by atoms with Crippen LogP contribution in [-0.2, 0) is 28.3 Å². The molecule has 1 aliphatic rings. The van der Waals surface area contributed by atoms with Gasteiger partial charge < -0.3 is 14.8 Å². The van der Waals surface area contributed by atoms with Crippen molar-refractivity contribution in [1.29, 1.82) is 0 Å². The van der Waals surface area contributed by atoms with Crippen LogP contribution in [0.5, 0.6) is 0 Å². The van der Waals surface area contributed by atoms with E-state index in [0.717, 1.165) is 29.7 Å². The standard InChI is InChI=1S/C25H25ClFNO2/c26-22-11-9-21(10-12-22)25(30-18-19-5-2-1-3-6-19)13-14-28-16-24(25)29-17-20-7-4-8-23(27)15-20/h1-12,15,24,28H,13-14,16-18H2. The van der Waals surface area contributed by atoms with Crippen LogP contribution in [0.15, 0.2) is 78.9 Å². The fourth-order valence-corrected chi connectivity index (χ4v) is 4.07. The first-order chi connectivity index (χ1) is 14.7. The van der Waals surface area contributed by atoms with Crippen LogP contribution in [-0.4, -0.2) is 19.2 Å². The molecule has 0 radical (unpaired) electrons. The molecule has 4 rings (SSSR count). The summed E-state index contributed by atoms with van der Waals surface area (Å²) >= 11 is 6.14. The van der Waals surface area contributed by atoms with E-state index >= 15 is 0 Å². The Morgan fingerprint density at radius 2 is 1.70 bits per heavy atom. The normalized spacial score (nSPS) is 21.5. The highest BCUT2D eigenvalue weighted by Gasteiger charge is 2.44. The van der Waals surface area contributed by atoms with E-state index in [4.69, 9.17) is 21.1 Å². The Hall–Kier alpha value is -2.24. The number of benzene rings is 3. The molecule has 156 valence electrons. The van der Waals surface area contributed by atoms with Gasteiger partial charge in [-0.2, -0.15) is 0 Å². The molecule has 0 aromatic heterocycles. The third kappa shape index (κ3) is 4.90. The lowest BCUT2D eigenvalue weighted by atomic mass is 9.82. The summed E-state index contributed by atoms with van der Waals surface area (Å²) in [5.41, 5.74) is 2.31. The van der Waals surface area contributed by atoms with Crippen molar-refractivity contribution in [2.45, 2.75) is 31.3 Å². The van der Waals surface area contributed by atoms with Gasteiger partial charge in [0, 0.05) is 11.6 Å². The van der Waals surface area contributed by atoms with Crippen molar-refractivity contribution in [3.8, 4) is 0 Å². The zero-order valence-electron chi connectivity index (χ0n) is 16.7. The summed E-state index contributed by atoms with van der Waals surface area (Å²) in [4.78, 5) is 0. The zero-order chi connectivity index (χ0) is 20.8. The molecule has 0 amide bonds. The van der Waals surface area contributed by atoms with Crippen LogP contribution in [0.3, 0.4) is 0 Å². The van der Waals surface area contributed by atoms with Gasteiger partial charge in [0.25, 0.3) is 0 Å². The van der Waals surface area contributed by atoms with Gasteiger partial charge in [0.1, 0.15) is 17.5 Å². The molecule has 2 atom stereocenters. The van der Waals surface area contributed by atoms with Crippen LogP contribution in [0.25, 0.3) is 0 Å². The molecule has 30 heavy (non-hydrogen) atoms. The number of hydrogen-bond acceptors (Lipinski definition) is 3. The van der Waals surface area contributed by atoms with Crippen LogP contribution in [0, 0.1) is 5.82 Å². The molecule has 5 heteroatoms. The lowest BCUT2D eigenvalue weighted by Gasteiger charge is -2.44. The molecule has 0 aliphatic carbocycles. The Kier molecular flexibility index (Phi) is 6.80. The van der Waals surface area contributed by atoms with Gasteiger partial charge in [0.15, 0.2) is 0 Å². The summed E-state index contributed by atoms with van der Waals surface area (Å²) < 4.78 is 26.5. The van der Waals surface area contributed by atoms with Gasteiger partial charge in [-0.05, 0) is 53.9 Å². The number of hydrogen-bond donors (Lipinski definition) is 1. The summed E-state index contributed by atoms with van der Waals surface area (Å²) in [6, 6.07) is 24.4. The third-order valence-electron chi connectivity index (χ3n) is 5.54. The van der Waals surface area contributed by atoms with Gasteiger partial charge >= 0.3 is 0 Å². The average Bonchev–Trinajstić information content (AvgIpc) is 2.78. The molecule has 1 aliphatic heterocycles. The molecule has 1 fully saturated rings. The van der Waals surface area contributed by atoms with Crippen molar-refractivity contribution >= 4 is 11.6 Å². The van der Waals surface area contributed by atoms with Crippen LogP contribution >= 0.6 is 11.6 Å². The second-order valence-electron chi connectivity index (χ2n) is 7.55. The zero-order valence-corrected chi connectivity index (χ0v) is 17.4. The van der Waals surface area contributed by atoms with Gasteiger partial charge in [0.2, 0.25) is 0 Å². The molecule has 3 nitrogen and oxygen atoms in total. The van der Waals surface area contributed by atoms with Crippen molar-refractivity contribution in [2.75, 3.05) is 13.1 Å². The van der Waals surface area contributed by atoms with E-state index in [1.54, 1.807) is 6.07 Å². The van der Waals surface area contributed by atoms with Crippen molar-refractivity contribution in [3.05, 3.63) is 106 Å². The van der Waals surface area contributed by atoms with Crippen molar-refractivity contribution in [1.82, 2.24) is 5.32 Å². The predicted molar refractivity (Wildman–Crippen MR) is 117 cm³/mol. The van der Waals surface area contributed by atoms with E-state index < -0.39 is 5.60 Å². The molecule has 3 aromatic carbocycles. The molecule has 1 saturated heterocycles. The summed E-state index contributed by atoms with van der Waals surface area (Å²) in [6.45, 7) is 2.25. The second-order valence-corrected chi connectivity index (χ2v) is 7.99. The summed E-state index contributed by atoms with van der Waals surface area (Å²) in [5.74, 6) is -0.262. The molecule has 2 unspecified atom stereocenters. The summed E-state index contributed by atoms with van der Waals surface area (Å²) in [5, 5.41) is 4.09. The fourth-order valence-electron chi connectivity index (χ4n) is 3.95. The van der Waals surface area contributed by atoms with E-state index in [9.17, 15) is 4.39 Å². The van der Waals surface area contributed by atoms with E-state index in [1.807, 2.05) is 48.5 Å². The Labute approximate surface area is 181 Å². The first kappa shape index (κ1) is 21.0. The summed E-state index contributed by atoms with van der Waals surface area (Å²) in [7, 11) is 0. The van der Waals surface area contributed by atoms with Crippen LogP contribution in [0.1, 0.15) is 23.1 Å². The Morgan fingerprint density at radius 3 is 2.47 bits per heavy atom. The first-order valence-corrected chi connectivity index (χ1v) is 10.5. The Bertz CT molecular complexity index is 951. The minimum atomic E-state index is -0.626. The highest BCUT2D eigenvalue weighted by atomic mass is 35.5. The molecule has 0 bridgehead atoms. The predicted octanol–water partition coefficient (Wildman–Crippen LogP) is 5.47. The first-order valence-electron chi connectivity index (χ1n) is 10.2. The number of halogens is 2. The van der Waals surface area contributed by atoms with Crippen LogP contribution in [0.4, 0.5) is 4.39 Å². The lowest BCUT2D eigenvalue weighted by Crippen LogP contribution is -2.54. The van der Waals surface area contributed by atoms with Gasteiger partial charge in [-0.15, -0.1) is 0 Å². The van der Waals surface area contributed by atoms with E-state index in [1.165, 1.54) is 12.1 Å². The topological polar surface area (TPSA) is 30.5 Å². The Morgan fingerprint density at radius 1 is 0.933 bits per heavy atom. The maximum Gasteiger partial charge on any atom is 0.123 e. The third-order valence-corrected chi connectivity index (χ3v) is 5.79. The smallest absolute Gasteiger partial charge is 0.123 e.